The molecule has 0 amide bonds. The second-order valence-corrected chi connectivity index (χ2v) is 7.62. The van der Waals surface area contributed by atoms with E-state index < -0.39 is 11.2 Å². The van der Waals surface area contributed by atoms with Gasteiger partial charge in [0.25, 0.3) is 0 Å². The van der Waals surface area contributed by atoms with Gasteiger partial charge in [-0.15, -0.1) is 0 Å². The van der Waals surface area contributed by atoms with E-state index in [-0.39, 0.29) is 11.9 Å². The van der Waals surface area contributed by atoms with E-state index in [1.807, 2.05) is 20.8 Å². The van der Waals surface area contributed by atoms with Crippen molar-refractivity contribution in [3.63, 3.8) is 0 Å². The average molecular weight is 331 g/mol. The third-order valence-corrected chi connectivity index (χ3v) is 4.71. The van der Waals surface area contributed by atoms with Crippen molar-refractivity contribution in [2.45, 2.75) is 103 Å². The zero-order chi connectivity index (χ0) is 17.9. The quantitative estimate of drug-likeness (QED) is 0.392. The normalized spacial score (nSPS) is 18.0. The highest BCUT2D eigenvalue weighted by molar-refractivity contribution is 5.71. The maximum absolute atomic E-state index is 11.3. The summed E-state index contributed by atoms with van der Waals surface area (Å²) in [5.74, 6) is -0.303. The van der Waals surface area contributed by atoms with Crippen LogP contribution >= 0.6 is 0 Å². The summed E-state index contributed by atoms with van der Waals surface area (Å²) in [5.41, 5.74) is -1.35. The molecular weight excluding hydrogens is 292 g/mol. The van der Waals surface area contributed by atoms with Gasteiger partial charge in [-0.2, -0.15) is 0 Å². The molecule has 0 aliphatic rings. The lowest BCUT2D eigenvalue weighted by molar-refractivity contribution is -0.145. The molecule has 0 aromatic rings. The van der Waals surface area contributed by atoms with Crippen LogP contribution in [0.4, 0.5) is 0 Å². The molecule has 23 heavy (non-hydrogen) atoms. The summed E-state index contributed by atoms with van der Waals surface area (Å²) in [6.45, 7) is 7.76. The summed E-state index contributed by atoms with van der Waals surface area (Å²) >= 11 is 0. The van der Waals surface area contributed by atoms with Gasteiger partial charge in [0, 0.05) is 0 Å². The lowest BCUT2D eigenvalue weighted by atomic mass is 9.87. The van der Waals surface area contributed by atoms with E-state index in [0.717, 1.165) is 51.4 Å². The molecule has 4 heteroatoms. The molecule has 0 saturated carbocycles. The first-order chi connectivity index (χ1) is 10.6. The third kappa shape index (κ3) is 11.5. The van der Waals surface area contributed by atoms with Crippen LogP contribution in [0.1, 0.15) is 91.9 Å². The Morgan fingerprint density at radius 2 is 1.43 bits per heavy atom. The highest BCUT2D eigenvalue weighted by Crippen LogP contribution is 2.26. The minimum atomic E-state index is -0.727. The number of carbonyl (C=O) groups is 1. The molecule has 0 aromatic heterocycles. The summed E-state index contributed by atoms with van der Waals surface area (Å²) in [4.78, 5) is 11.3. The summed E-state index contributed by atoms with van der Waals surface area (Å²) in [5, 5.41) is 20.8. The van der Waals surface area contributed by atoms with Gasteiger partial charge in [0.05, 0.1) is 24.2 Å². The number of hydrogen-bond donors (Lipinski definition) is 2. The minimum Gasteiger partial charge on any atom is -0.469 e. The van der Waals surface area contributed by atoms with Gasteiger partial charge in [-0.3, -0.25) is 4.79 Å². The van der Waals surface area contributed by atoms with Crippen molar-refractivity contribution in [3.8, 4) is 0 Å². The van der Waals surface area contributed by atoms with Gasteiger partial charge in [0.2, 0.25) is 0 Å². The van der Waals surface area contributed by atoms with Gasteiger partial charge in [-0.1, -0.05) is 33.1 Å². The molecule has 0 aliphatic carbocycles. The molecule has 0 saturated heterocycles. The summed E-state index contributed by atoms with van der Waals surface area (Å²) in [6.07, 6.45) is 8.65. The maximum Gasteiger partial charge on any atom is 0.308 e. The van der Waals surface area contributed by atoms with E-state index >= 15 is 0 Å². The van der Waals surface area contributed by atoms with Crippen LogP contribution in [0.25, 0.3) is 0 Å². The van der Waals surface area contributed by atoms with E-state index in [1.54, 1.807) is 0 Å². The van der Waals surface area contributed by atoms with Crippen molar-refractivity contribution in [3.05, 3.63) is 0 Å². The standard InChI is InChI=1S/C19H38O4/c1-6-7-8-12-18(3,21)14-10-15-19(4,22)13-9-11-16(2)17(20)23-5/h16,21-22H,6-15H2,1-5H3. The van der Waals surface area contributed by atoms with Crippen molar-refractivity contribution >= 4 is 5.97 Å². The number of esters is 1. The molecule has 4 nitrogen and oxygen atoms in total. The van der Waals surface area contributed by atoms with E-state index in [9.17, 15) is 15.0 Å². The molecule has 0 spiro atoms. The molecule has 0 fully saturated rings. The van der Waals surface area contributed by atoms with Crippen LogP contribution in [-0.4, -0.2) is 34.5 Å². The first-order valence-corrected chi connectivity index (χ1v) is 9.16. The van der Waals surface area contributed by atoms with Crippen molar-refractivity contribution in [2.24, 2.45) is 5.92 Å². The Balaban J connectivity index is 3.96. The van der Waals surface area contributed by atoms with E-state index in [4.69, 9.17) is 4.74 Å². The molecule has 0 bridgehead atoms. The number of rotatable bonds is 13. The number of unbranched alkanes of at least 4 members (excludes halogenated alkanes) is 2. The second kappa shape index (κ2) is 11.0. The second-order valence-electron chi connectivity index (χ2n) is 7.62. The fourth-order valence-electron chi connectivity index (χ4n) is 2.96. The fourth-order valence-corrected chi connectivity index (χ4v) is 2.96. The van der Waals surface area contributed by atoms with Crippen LogP contribution < -0.4 is 0 Å². The highest BCUT2D eigenvalue weighted by atomic mass is 16.5. The average Bonchev–Trinajstić information content (AvgIpc) is 2.45. The predicted molar refractivity (Wildman–Crippen MR) is 94.3 cm³/mol. The monoisotopic (exact) mass is 330 g/mol. The lowest BCUT2D eigenvalue weighted by Gasteiger charge is -2.27. The Morgan fingerprint density at radius 1 is 0.957 bits per heavy atom. The number of hydrogen-bond acceptors (Lipinski definition) is 4. The molecule has 0 radical (unpaired) electrons. The SMILES string of the molecule is CCCCCC(C)(O)CCCC(C)(O)CCCC(C)C(=O)OC. The zero-order valence-corrected chi connectivity index (χ0v) is 15.9. The smallest absolute Gasteiger partial charge is 0.308 e. The molecule has 3 unspecified atom stereocenters. The van der Waals surface area contributed by atoms with Crippen molar-refractivity contribution < 1.29 is 19.7 Å². The Morgan fingerprint density at radius 3 is 1.91 bits per heavy atom. The van der Waals surface area contributed by atoms with Crippen molar-refractivity contribution in [1.82, 2.24) is 0 Å². The molecular formula is C19H38O4. The topological polar surface area (TPSA) is 66.8 Å². The van der Waals surface area contributed by atoms with Gasteiger partial charge in [0.1, 0.15) is 0 Å². The summed E-state index contributed by atoms with van der Waals surface area (Å²) in [6, 6.07) is 0. The lowest BCUT2D eigenvalue weighted by Crippen LogP contribution is -2.28. The number of aliphatic hydroxyl groups is 2. The van der Waals surface area contributed by atoms with Crippen molar-refractivity contribution in [1.29, 1.82) is 0 Å². The predicted octanol–water partition coefficient (Wildman–Crippen LogP) is 4.22. The van der Waals surface area contributed by atoms with E-state index in [2.05, 4.69) is 6.92 Å². The first kappa shape index (κ1) is 22.4. The number of methoxy groups -OCH3 is 1. The molecule has 0 heterocycles. The van der Waals surface area contributed by atoms with Gasteiger partial charge in [-0.05, 0) is 58.8 Å². The van der Waals surface area contributed by atoms with Crippen LogP contribution in [-0.2, 0) is 9.53 Å². The van der Waals surface area contributed by atoms with Gasteiger partial charge >= 0.3 is 5.97 Å². The minimum absolute atomic E-state index is 0.116. The Labute approximate surface area is 142 Å². The summed E-state index contributed by atoms with van der Waals surface area (Å²) in [7, 11) is 1.40. The van der Waals surface area contributed by atoms with E-state index in [0.29, 0.717) is 12.8 Å². The van der Waals surface area contributed by atoms with Crippen LogP contribution in [0.3, 0.4) is 0 Å². The highest BCUT2D eigenvalue weighted by Gasteiger charge is 2.24. The maximum atomic E-state index is 11.3. The zero-order valence-electron chi connectivity index (χ0n) is 15.9. The molecule has 138 valence electrons. The van der Waals surface area contributed by atoms with Gasteiger partial charge in [-0.25, -0.2) is 0 Å². The molecule has 0 aliphatic heterocycles. The van der Waals surface area contributed by atoms with Gasteiger partial charge < -0.3 is 14.9 Å². The summed E-state index contributed by atoms with van der Waals surface area (Å²) < 4.78 is 4.71. The Kier molecular flexibility index (Phi) is 10.7. The van der Waals surface area contributed by atoms with Gasteiger partial charge in [0.15, 0.2) is 0 Å². The molecule has 2 N–H and O–H groups in total. The molecule has 0 aromatic carbocycles. The van der Waals surface area contributed by atoms with Crippen molar-refractivity contribution in [2.75, 3.05) is 7.11 Å². The van der Waals surface area contributed by atoms with Crippen LogP contribution in [0.15, 0.2) is 0 Å². The largest absolute Gasteiger partial charge is 0.469 e. The van der Waals surface area contributed by atoms with Crippen LogP contribution in [0.2, 0.25) is 0 Å². The van der Waals surface area contributed by atoms with Crippen LogP contribution in [0, 0.1) is 5.92 Å². The number of ether oxygens (including phenoxy) is 1. The molecule has 3 atom stereocenters. The first-order valence-electron chi connectivity index (χ1n) is 9.16. The fraction of sp³-hybridized carbons (Fsp3) is 0.947. The van der Waals surface area contributed by atoms with Crippen LogP contribution in [0.5, 0.6) is 0 Å². The Hall–Kier alpha value is -0.610. The number of carbonyl (C=O) groups excluding carboxylic acids is 1. The third-order valence-electron chi connectivity index (χ3n) is 4.71. The van der Waals surface area contributed by atoms with E-state index in [1.165, 1.54) is 7.11 Å². The molecule has 0 rings (SSSR count). The Bertz CT molecular complexity index is 323.